The van der Waals surface area contributed by atoms with Crippen LogP contribution in [-0.4, -0.2) is 41.8 Å². The molecule has 0 aromatic heterocycles. The quantitative estimate of drug-likeness (QED) is 0.496. The van der Waals surface area contributed by atoms with E-state index in [0.717, 1.165) is 0 Å². The number of alkyl halides is 14. The third-order valence-electron chi connectivity index (χ3n) is 3.29. The van der Waals surface area contributed by atoms with Crippen LogP contribution in [0.15, 0.2) is 0 Å². The molecule has 0 saturated heterocycles. The van der Waals surface area contributed by atoms with Gasteiger partial charge < -0.3 is 0 Å². The first-order valence-corrected chi connectivity index (χ1v) is 6.26. The SMILES string of the molecule is O=C(CCC(F)(C(F)(F)F)C(F)(F)F)CCC(F)(C(F)(F)F)C(F)(F)F. The van der Waals surface area contributed by atoms with Crippen molar-refractivity contribution in [3.63, 3.8) is 0 Å². The maximum atomic E-state index is 13.2. The first-order chi connectivity index (χ1) is 11.1. The number of rotatable bonds is 6. The van der Waals surface area contributed by atoms with Crippen LogP contribution in [0.25, 0.3) is 0 Å². The third kappa shape index (κ3) is 4.90. The van der Waals surface area contributed by atoms with Crippen LogP contribution in [-0.2, 0) is 4.79 Å². The monoisotopic (exact) mass is 422 g/mol. The number of halogens is 14. The van der Waals surface area contributed by atoms with E-state index in [-0.39, 0.29) is 0 Å². The fourth-order valence-corrected chi connectivity index (χ4v) is 1.64. The summed E-state index contributed by atoms with van der Waals surface area (Å²) < 4.78 is 172. The van der Waals surface area contributed by atoms with Crippen molar-refractivity contribution >= 4 is 5.78 Å². The Morgan fingerprint density at radius 2 is 0.654 bits per heavy atom. The molecule has 156 valence electrons. The summed E-state index contributed by atoms with van der Waals surface area (Å²) in [6.07, 6.45) is -35.5. The Balaban J connectivity index is 5.17. The van der Waals surface area contributed by atoms with E-state index in [2.05, 4.69) is 0 Å². The Morgan fingerprint density at radius 3 is 0.808 bits per heavy atom. The molecule has 26 heavy (non-hydrogen) atoms. The van der Waals surface area contributed by atoms with E-state index in [0.29, 0.717) is 0 Å². The van der Waals surface area contributed by atoms with Crippen molar-refractivity contribution in [2.45, 2.75) is 61.7 Å². The fourth-order valence-electron chi connectivity index (χ4n) is 1.64. The van der Waals surface area contributed by atoms with Crippen molar-refractivity contribution < 1.29 is 66.3 Å². The van der Waals surface area contributed by atoms with E-state index in [1.165, 1.54) is 0 Å². The first-order valence-electron chi connectivity index (χ1n) is 6.26. The molecule has 0 spiro atoms. The second-order valence-corrected chi connectivity index (χ2v) is 5.13. The van der Waals surface area contributed by atoms with Crippen LogP contribution >= 0.6 is 0 Å². The zero-order valence-electron chi connectivity index (χ0n) is 12.0. The van der Waals surface area contributed by atoms with Crippen molar-refractivity contribution in [2.75, 3.05) is 0 Å². The number of hydrogen-bond acceptors (Lipinski definition) is 1. The highest BCUT2D eigenvalue weighted by Crippen LogP contribution is 2.50. The largest absolute Gasteiger partial charge is 0.431 e. The van der Waals surface area contributed by atoms with Gasteiger partial charge in [-0.1, -0.05) is 0 Å². The lowest BCUT2D eigenvalue weighted by molar-refractivity contribution is -0.343. The second-order valence-electron chi connectivity index (χ2n) is 5.13. The fraction of sp³-hybridized carbons (Fsp3) is 0.909. The molecule has 1 nitrogen and oxygen atoms in total. The lowest BCUT2D eigenvalue weighted by Crippen LogP contribution is -2.54. The third-order valence-corrected chi connectivity index (χ3v) is 3.29. The van der Waals surface area contributed by atoms with Crippen molar-refractivity contribution in [3.05, 3.63) is 0 Å². The predicted octanol–water partition coefficient (Wildman–Crippen LogP) is 5.78. The van der Waals surface area contributed by atoms with Gasteiger partial charge in [0, 0.05) is 25.7 Å². The molecule has 0 bridgehead atoms. The highest BCUT2D eigenvalue weighted by Gasteiger charge is 2.73. The van der Waals surface area contributed by atoms with Gasteiger partial charge in [-0.05, 0) is 0 Å². The van der Waals surface area contributed by atoms with Crippen LogP contribution in [0.2, 0.25) is 0 Å². The smallest absolute Gasteiger partial charge is 0.300 e. The van der Waals surface area contributed by atoms with Crippen LogP contribution in [0.1, 0.15) is 25.7 Å². The van der Waals surface area contributed by atoms with Crippen LogP contribution in [0, 0.1) is 0 Å². The molecular formula is C11H8F14O. The van der Waals surface area contributed by atoms with Gasteiger partial charge in [0.2, 0.25) is 0 Å². The van der Waals surface area contributed by atoms with Gasteiger partial charge in [-0.3, -0.25) is 4.79 Å². The minimum Gasteiger partial charge on any atom is -0.300 e. The normalized spacial score (nSPS) is 15.3. The summed E-state index contributed by atoms with van der Waals surface area (Å²) >= 11 is 0. The predicted molar refractivity (Wildman–Crippen MR) is 55.4 cm³/mol. The maximum Gasteiger partial charge on any atom is 0.431 e. The summed E-state index contributed by atoms with van der Waals surface area (Å²) in [4.78, 5) is 11.0. The van der Waals surface area contributed by atoms with Crippen molar-refractivity contribution in [2.24, 2.45) is 0 Å². The van der Waals surface area contributed by atoms with Gasteiger partial charge in [0.15, 0.2) is 0 Å². The van der Waals surface area contributed by atoms with Crippen molar-refractivity contribution in [1.29, 1.82) is 0 Å². The van der Waals surface area contributed by atoms with E-state index in [4.69, 9.17) is 0 Å². The van der Waals surface area contributed by atoms with E-state index < -0.39 is 67.5 Å². The van der Waals surface area contributed by atoms with Gasteiger partial charge in [-0.2, -0.15) is 52.7 Å². The van der Waals surface area contributed by atoms with Gasteiger partial charge >= 0.3 is 24.7 Å². The molecule has 0 amide bonds. The summed E-state index contributed by atoms with van der Waals surface area (Å²) in [5.74, 6) is -2.05. The molecule has 15 heteroatoms. The topological polar surface area (TPSA) is 17.1 Å². The van der Waals surface area contributed by atoms with Crippen LogP contribution < -0.4 is 0 Å². The zero-order valence-corrected chi connectivity index (χ0v) is 12.0. The van der Waals surface area contributed by atoms with E-state index in [1.54, 1.807) is 0 Å². The van der Waals surface area contributed by atoms with Crippen molar-refractivity contribution in [3.8, 4) is 0 Å². The lowest BCUT2D eigenvalue weighted by Gasteiger charge is -2.30. The van der Waals surface area contributed by atoms with Gasteiger partial charge in [0.25, 0.3) is 11.3 Å². The van der Waals surface area contributed by atoms with E-state index in [1.807, 2.05) is 0 Å². The zero-order chi connectivity index (χ0) is 21.4. The molecule has 0 saturated carbocycles. The molecule has 0 N–H and O–H groups in total. The molecule has 0 aliphatic carbocycles. The number of hydrogen-bond donors (Lipinski definition) is 0. The van der Waals surface area contributed by atoms with Crippen LogP contribution in [0.5, 0.6) is 0 Å². The Labute approximate surface area is 135 Å². The van der Waals surface area contributed by atoms with Crippen LogP contribution in [0.4, 0.5) is 61.5 Å². The minimum atomic E-state index is -6.55. The standard InChI is InChI=1S/C11H8F14O/c12-6(8(14,15)16,9(17,18)19)3-1-5(26)2-4-7(13,10(20,21)22)11(23,24)25/h1-4H2. The molecule has 0 aliphatic heterocycles. The molecule has 0 unspecified atom stereocenters. The summed E-state index contributed by atoms with van der Waals surface area (Å²) in [6.45, 7) is 0. The van der Waals surface area contributed by atoms with E-state index in [9.17, 15) is 66.3 Å². The molecule has 0 rings (SSSR count). The molecule has 0 radical (unpaired) electrons. The second kappa shape index (κ2) is 7.02. The van der Waals surface area contributed by atoms with Crippen LogP contribution in [0.3, 0.4) is 0 Å². The van der Waals surface area contributed by atoms with Crippen molar-refractivity contribution in [1.82, 2.24) is 0 Å². The van der Waals surface area contributed by atoms with Gasteiger partial charge in [0.05, 0.1) is 0 Å². The summed E-state index contributed by atoms with van der Waals surface area (Å²) in [6, 6.07) is 0. The van der Waals surface area contributed by atoms with Gasteiger partial charge in [-0.15, -0.1) is 0 Å². The maximum absolute atomic E-state index is 13.2. The number of carbonyl (C=O) groups is 1. The average Bonchev–Trinajstić information content (AvgIpc) is 2.36. The Hall–Kier alpha value is -1.31. The number of carbonyl (C=O) groups excluding carboxylic acids is 1. The van der Waals surface area contributed by atoms with Gasteiger partial charge in [0.1, 0.15) is 5.78 Å². The Bertz CT molecular complexity index is 421. The molecule has 0 aromatic rings. The van der Waals surface area contributed by atoms with Gasteiger partial charge in [-0.25, -0.2) is 8.78 Å². The molecule has 0 aromatic carbocycles. The summed E-state index contributed by atoms with van der Waals surface area (Å²) in [7, 11) is 0. The number of ketones is 1. The summed E-state index contributed by atoms with van der Waals surface area (Å²) in [5.41, 5.74) is -11.8. The molecular weight excluding hydrogens is 414 g/mol. The Morgan fingerprint density at radius 1 is 0.462 bits per heavy atom. The minimum absolute atomic E-state index is 2.01. The average molecular weight is 422 g/mol. The summed E-state index contributed by atoms with van der Waals surface area (Å²) in [5, 5.41) is 0. The highest BCUT2D eigenvalue weighted by molar-refractivity contribution is 5.78. The Kier molecular flexibility index (Phi) is 6.66. The lowest BCUT2D eigenvalue weighted by atomic mass is 9.92. The first kappa shape index (κ1) is 24.7. The molecule has 0 aliphatic rings. The molecule has 0 heterocycles. The van der Waals surface area contributed by atoms with E-state index >= 15 is 0 Å². The highest BCUT2D eigenvalue weighted by atomic mass is 19.4. The number of Topliss-reactive ketones (excluding diaryl/α,β-unsaturated/α-hetero) is 1. The molecule has 0 fully saturated rings. The molecule has 0 atom stereocenters.